The van der Waals surface area contributed by atoms with Gasteiger partial charge in [0.2, 0.25) is 0 Å². The summed E-state index contributed by atoms with van der Waals surface area (Å²) in [5.74, 6) is 0.333. The Hall–Kier alpha value is -4.50. The van der Waals surface area contributed by atoms with Crippen molar-refractivity contribution in [2.45, 2.75) is 12.3 Å². The quantitative estimate of drug-likeness (QED) is 0.274. The highest BCUT2D eigenvalue weighted by Gasteiger charge is 2.31. The number of allylic oxidation sites excluding steroid dienone is 1. The molecule has 0 saturated carbocycles. The number of hydrogen-bond acceptors (Lipinski definition) is 2. The van der Waals surface area contributed by atoms with Crippen molar-refractivity contribution in [3.05, 3.63) is 132 Å². The summed E-state index contributed by atoms with van der Waals surface area (Å²) in [6, 6.07) is 28.9. The van der Waals surface area contributed by atoms with Crippen LogP contribution in [0.3, 0.4) is 0 Å². The first-order valence-electron chi connectivity index (χ1n) is 12.1. The highest BCUT2D eigenvalue weighted by molar-refractivity contribution is 6.08. The molecule has 3 nitrogen and oxygen atoms in total. The van der Waals surface area contributed by atoms with Gasteiger partial charge in [-0.3, -0.25) is 9.97 Å². The van der Waals surface area contributed by atoms with Gasteiger partial charge < -0.3 is 4.57 Å². The van der Waals surface area contributed by atoms with E-state index in [9.17, 15) is 0 Å². The Morgan fingerprint density at radius 2 is 1.40 bits per heavy atom. The molecule has 0 bridgehead atoms. The lowest BCUT2D eigenvalue weighted by atomic mass is 9.79. The van der Waals surface area contributed by atoms with Crippen LogP contribution in [0.1, 0.15) is 34.6 Å². The molecule has 3 heteroatoms. The fourth-order valence-electron chi connectivity index (χ4n) is 6.23. The predicted molar refractivity (Wildman–Crippen MR) is 142 cm³/mol. The molecule has 35 heavy (non-hydrogen) atoms. The molecule has 3 heterocycles. The van der Waals surface area contributed by atoms with Gasteiger partial charge >= 0.3 is 0 Å². The van der Waals surface area contributed by atoms with Gasteiger partial charge in [-0.1, -0.05) is 60.7 Å². The number of nitrogens with zero attached hydrogens (tertiary/aromatic N) is 3. The van der Waals surface area contributed by atoms with Crippen molar-refractivity contribution in [3.63, 3.8) is 0 Å². The summed E-state index contributed by atoms with van der Waals surface area (Å²) >= 11 is 0. The Balaban J connectivity index is 1.31. The molecule has 0 N–H and O–H groups in total. The molecule has 3 aromatic carbocycles. The van der Waals surface area contributed by atoms with Gasteiger partial charge in [-0.15, -0.1) is 0 Å². The van der Waals surface area contributed by atoms with Crippen LogP contribution in [0, 0.1) is 0 Å². The van der Waals surface area contributed by atoms with E-state index < -0.39 is 0 Å². The fraction of sp³-hybridized carbons (Fsp3) is 0.0625. The smallest absolute Gasteiger partial charge is 0.0572 e. The maximum atomic E-state index is 4.38. The van der Waals surface area contributed by atoms with Crippen molar-refractivity contribution >= 4 is 27.4 Å². The maximum absolute atomic E-state index is 4.38. The van der Waals surface area contributed by atoms with Gasteiger partial charge in [0.05, 0.1) is 11.0 Å². The molecule has 2 aliphatic rings. The van der Waals surface area contributed by atoms with E-state index in [0.29, 0.717) is 5.92 Å². The molecule has 0 amide bonds. The number of aromatic nitrogens is 3. The summed E-state index contributed by atoms with van der Waals surface area (Å²) in [4.78, 5) is 8.75. The number of pyridine rings is 2. The monoisotopic (exact) mass is 447 g/mol. The van der Waals surface area contributed by atoms with Gasteiger partial charge in [0.15, 0.2) is 0 Å². The van der Waals surface area contributed by atoms with Crippen LogP contribution in [-0.2, 0) is 0 Å². The van der Waals surface area contributed by atoms with Crippen molar-refractivity contribution in [1.29, 1.82) is 0 Å². The zero-order valence-electron chi connectivity index (χ0n) is 19.0. The van der Waals surface area contributed by atoms with Crippen LogP contribution in [0.4, 0.5) is 0 Å². The minimum absolute atomic E-state index is 0.333. The normalized spacial score (nSPS) is 15.8. The third-order valence-electron chi connectivity index (χ3n) is 7.71. The van der Waals surface area contributed by atoms with Gasteiger partial charge in [-0.25, -0.2) is 0 Å². The van der Waals surface area contributed by atoms with Crippen LogP contribution in [0.25, 0.3) is 44.2 Å². The SMILES string of the molecule is C1=C2c3ccccc3-c3cccc(c32)C(c2cccc(-n3c4ccncc4c4cnccc43)c2)C1. The Morgan fingerprint density at radius 3 is 2.20 bits per heavy atom. The topological polar surface area (TPSA) is 30.7 Å². The number of benzene rings is 3. The van der Waals surface area contributed by atoms with Gasteiger partial charge in [0.1, 0.15) is 0 Å². The standard InChI is InChI=1S/C32H21N3/c1-2-8-24-23(7-1)26-10-4-9-25-22(11-12-27(24)32(25)26)20-5-3-6-21(17-20)35-30-13-15-33-18-28(30)29-19-34-16-14-31(29)35/h1-10,12-19,22H,11H2. The van der Waals surface area contributed by atoms with Crippen LogP contribution < -0.4 is 0 Å². The number of fused-ring (bicyclic) bond motifs is 6. The van der Waals surface area contributed by atoms with E-state index in [-0.39, 0.29) is 0 Å². The molecule has 0 aliphatic heterocycles. The van der Waals surface area contributed by atoms with E-state index in [0.717, 1.165) is 28.2 Å². The highest BCUT2D eigenvalue weighted by atomic mass is 15.0. The predicted octanol–water partition coefficient (Wildman–Crippen LogP) is 7.52. The largest absolute Gasteiger partial charge is 0.309 e. The molecule has 1 unspecified atom stereocenters. The van der Waals surface area contributed by atoms with E-state index in [4.69, 9.17) is 0 Å². The molecule has 1 atom stereocenters. The first kappa shape index (κ1) is 18.9. The molecular weight excluding hydrogens is 426 g/mol. The zero-order chi connectivity index (χ0) is 22.9. The Kier molecular flexibility index (Phi) is 3.78. The molecule has 3 aromatic heterocycles. The molecule has 8 rings (SSSR count). The van der Waals surface area contributed by atoms with Crippen molar-refractivity contribution in [2.24, 2.45) is 0 Å². The molecule has 0 radical (unpaired) electrons. The van der Waals surface area contributed by atoms with E-state index in [1.807, 2.05) is 24.8 Å². The lowest BCUT2D eigenvalue weighted by Gasteiger charge is -2.25. The summed E-state index contributed by atoms with van der Waals surface area (Å²) in [7, 11) is 0. The van der Waals surface area contributed by atoms with E-state index in [2.05, 4.69) is 99.5 Å². The summed E-state index contributed by atoms with van der Waals surface area (Å²) in [6.07, 6.45) is 11.1. The van der Waals surface area contributed by atoms with Gasteiger partial charge in [-0.2, -0.15) is 0 Å². The number of rotatable bonds is 2. The zero-order valence-corrected chi connectivity index (χ0v) is 19.0. The minimum Gasteiger partial charge on any atom is -0.309 e. The Labute approximate surface area is 203 Å². The highest BCUT2D eigenvalue weighted by Crippen LogP contribution is 2.51. The summed E-state index contributed by atoms with van der Waals surface area (Å²) < 4.78 is 2.34. The van der Waals surface area contributed by atoms with Crippen molar-refractivity contribution in [2.75, 3.05) is 0 Å². The summed E-state index contributed by atoms with van der Waals surface area (Å²) in [5.41, 5.74) is 13.2. The second-order valence-electron chi connectivity index (χ2n) is 9.44. The van der Waals surface area contributed by atoms with E-state index in [1.54, 1.807) is 0 Å². The van der Waals surface area contributed by atoms with E-state index >= 15 is 0 Å². The van der Waals surface area contributed by atoms with Gasteiger partial charge in [-0.05, 0) is 69.6 Å². The fourth-order valence-corrected chi connectivity index (χ4v) is 6.23. The van der Waals surface area contributed by atoms with Crippen molar-refractivity contribution in [3.8, 4) is 16.8 Å². The Bertz CT molecular complexity index is 1790. The minimum atomic E-state index is 0.333. The summed E-state index contributed by atoms with van der Waals surface area (Å²) in [5, 5.41) is 2.26. The van der Waals surface area contributed by atoms with Crippen molar-refractivity contribution < 1.29 is 0 Å². The second-order valence-corrected chi connectivity index (χ2v) is 9.44. The molecule has 0 saturated heterocycles. The van der Waals surface area contributed by atoms with Gasteiger partial charge in [0.25, 0.3) is 0 Å². The van der Waals surface area contributed by atoms with Crippen LogP contribution in [0.2, 0.25) is 0 Å². The first-order valence-corrected chi connectivity index (χ1v) is 12.1. The van der Waals surface area contributed by atoms with Crippen LogP contribution >= 0.6 is 0 Å². The first-order chi connectivity index (χ1) is 17.4. The Morgan fingerprint density at radius 1 is 0.686 bits per heavy atom. The van der Waals surface area contributed by atoms with Crippen LogP contribution in [0.5, 0.6) is 0 Å². The van der Waals surface area contributed by atoms with E-state index in [1.165, 1.54) is 44.6 Å². The third-order valence-corrected chi connectivity index (χ3v) is 7.71. The lowest BCUT2D eigenvalue weighted by molar-refractivity contribution is 0.816. The second kappa shape index (κ2) is 7.00. The molecule has 164 valence electrons. The molecule has 6 aromatic rings. The maximum Gasteiger partial charge on any atom is 0.0572 e. The molecule has 0 fully saturated rings. The van der Waals surface area contributed by atoms with Crippen molar-refractivity contribution in [1.82, 2.24) is 14.5 Å². The summed E-state index contributed by atoms with van der Waals surface area (Å²) in [6.45, 7) is 0. The average Bonchev–Trinajstić information content (AvgIpc) is 3.44. The third kappa shape index (κ3) is 2.55. The molecule has 0 spiro atoms. The van der Waals surface area contributed by atoms with Gasteiger partial charge in [0, 0.05) is 47.2 Å². The molecule has 2 aliphatic carbocycles. The number of hydrogen-bond donors (Lipinski definition) is 0. The molecular formula is C32H21N3. The lowest BCUT2D eigenvalue weighted by Crippen LogP contribution is -2.08. The average molecular weight is 448 g/mol. The van der Waals surface area contributed by atoms with Crippen LogP contribution in [-0.4, -0.2) is 14.5 Å². The van der Waals surface area contributed by atoms with Crippen LogP contribution in [0.15, 0.2) is 110 Å².